The Morgan fingerprint density at radius 2 is 1.51 bits per heavy atom. The first kappa shape index (κ1) is 28.9. The normalized spacial score (nSPS) is 19.8. The number of Topliss-reactive ketones (excluding diaryl/α,β-unsaturated/α-hetero) is 2. The SMILES string of the molecule is COc1cc(C2C3=C(CC(C)(C)CC3=O)NC3=C2C(=O)CC(C)(C)C3)cc(Cl)c1OCC(=O)Nc1ccc(C)cc1. The van der Waals surface area contributed by atoms with Crippen LogP contribution in [0.1, 0.15) is 70.4 Å². The van der Waals surface area contributed by atoms with E-state index in [-0.39, 0.29) is 45.7 Å². The number of benzene rings is 2. The van der Waals surface area contributed by atoms with Crippen LogP contribution in [0.15, 0.2) is 58.9 Å². The van der Waals surface area contributed by atoms with Gasteiger partial charge < -0.3 is 20.1 Å². The molecule has 2 N–H and O–H groups in total. The quantitative estimate of drug-likeness (QED) is 0.400. The number of methoxy groups -OCH3 is 1. The zero-order chi connectivity index (χ0) is 29.7. The van der Waals surface area contributed by atoms with Crippen molar-refractivity contribution in [1.29, 1.82) is 0 Å². The third-order valence-corrected chi connectivity index (χ3v) is 8.27. The number of amides is 1. The fourth-order valence-corrected chi connectivity index (χ4v) is 6.51. The molecule has 1 heterocycles. The third kappa shape index (κ3) is 5.91. The minimum absolute atomic E-state index is 0.0288. The van der Waals surface area contributed by atoms with Crippen LogP contribution in [0.4, 0.5) is 5.69 Å². The lowest BCUT2D eigenvalue weighted by molar-refractivity contribution is -0.119. The van der Waals surface area contributed by atoms with Crippen LogP contribution in [-0.4, -0.2) is 31.2 Å². The Balaban J connectivity index is 1.50. The number of carbonyl (C=O) groups is 3. The maximum absolute atomic E-state index is 13.6. The minimum atomic E-state index is -0.557. The van der Waals surface area contributed by atoms with E-state index >= 15 is 0 Å². The molecule has 0 saturated heterocycles. The number of hydrogen-bond acceptors (Lipinski definition) is 6. The van der Waals surface area contributed by atoms with Gasteiger partial charge in [-0.15, -0.1) is 0 Å². The smallest absolute Gasteiger partial charge is 0.262 e. The number of nitrogens with one attached hydrogen (secondary N) is 2. The van der Waals surface area contributed by atoms with Gasteiger partial charge in [0.2, 0.25) is 0 Å². The number of anilines is 1. The van der Waals surface area contributed by atoms with Crippen molar-refractivity contribution in [2.45, 2.75) is 66.2 Å². The Labute approximate surface area is 246 Å². The van der Waals surface area contributed by atoms with E-state index in [0.29, 0.717) is 53.8 Å². The van der Waals surface area contributed by atoms with Gasteiger partial charge in [0.25, 0.3) is 5.91 Å². The summed E-state index contributed by atoms with van der Waals surface area (Å²) in [5.74, 6) is -0.294. The lowest BCUT2D eigenvalue weighted by Crippen LogP contribution is -2.42. The monoisotopic (exact) mass is 576 g/mol. The molecule has 0 saturated carbocycles. The molecular weight excluding hydrogens is 540 g/mol. The second-order valence-electron chi connectivity index (χ2n) is 13.0. The van der Waals surface area contributed by atoms with Crippen molar-refractivity contribution < 1.29 is 23.9 Å². The summed E-state index contributed by atoms with van der Waals surface area (Å²) >= 11 is 6.75. The molecule has 2 aromatic carbocycles. The first-order valence-corrected chi connectivity index (χ1v) is 14.3. The molecule has 216 valence electrons. The number of ketones is 2. The highest BCUT2D eigenvalue weighted by molar-refractivity contribution is 6.32. The van der Waals surface area contributed by atoms with Crippen LogP contribution in [-0.2, 0) is 14.4 Å². The van der Waals surface area contributed by atoms with E-state index in [9.17, 15) is 14.4 Å². The van der Waals surface area contributed by atoms with E-state index in [2.05, 4.69) is 38.3 Å². The number of hydrogen-bond donors (Lipinski definition) is 2. The lowest BCUT2D eigenvalue weighted by Gasteiger charge is -2.44. The zero-order valence-corrected chi connectivity index (χ0v) is 25.3. The number of ether oxygens (including phenoxy) is 2. The molecule has 5 rings (SSSR count). The van der Waals surface area contributed by atoms with Crippen LogP contribution >= 0.6 is 11.6 Å². The van der Waals surface area contributed by atoms with Crippen molar-refractivity contribution in [3.8, 4) is 11.5 Å². The number of allylic oxidation sites excluding steroid dienone is 4. The van der Waals surface area contributed by atoms with Crippen molar-refractivity contribution in [2.24, 2.45) is 10.8 Å². The van der Waals surface area contributed by atoms with E-state index in [1.807, 2.05) is 31.2 Å². The Bertz CT molecular complexity index is 1450. The summed E-state index contributed by atoms with van der Waals surface area (Å²) in [6.45, 7) is 10.1. The van der Waals surface area contributed by atoms with Gasteiger partial charge in [0.05, 0.1) is 12.1 Å². The van der Waals surface area contributed by atoms with Gasteiger partial charge in [0, 0.05) is 47.0 Å². The molecule has 0 fully saturated rings. The largest absolute Gasteiger partial charge is 0.493 e. The predicted molar refractivity (Wildman–Crippen MR) is 159 cm³/mol. The maximum atomic E-state index is 13.6. The summed E-state index contributed by atoms with van der Waals surface area (Å²) in [6, 6.07) is 11.0. The average molecular weight is 577 g/mol. The molecule has 2 aliphatic carbocycles. The second-order valence-corrected chi connectivity index (χ2v) is 13.4. The fourth-order valence-electron chi connectivity index (χ4n) is 6.24. The number of halogens is 1. The molecule has 3 aliphatic rings. The molecule has 0 radical (unpaired) electrons. The topological polar surface area (TPSA) is 93.7 Å². The first-order chi connectivity index (χ1) is 19.3. The van der Waals surface area contributed by atoms with Crippen molar-refractivity contribution in [2.75, 3.05) is 19.0 Å². The Kier molecular flexibility index (Phi) is 7.53. The van der Waals surface area contributed by atoms with Gasteiger partial charge in [0.15, 0.2) is 29.7 Å². The van der Waals surface area contributed by atoms with Crippen molar-refractivity contribution in [3.63, 3.8) is 0 Å². The molecule has 1 aliphatic heterocycles. The van der Waals surface area contributed by atoms with Crippen LogP contribution in [0, 0.1) is 17.8 Å². The van der Waals surface area contributed by atoms with Crippen molar-refractivity contribution >= 4 is 34.8 Å². The predicted octanol–water partition coefficient (Wildman–Crippen LogP) is 6.65. The van der Waals surface area contributed by atoms with Crippen LogP contribution < -0.4 is 20.1 Å². The molecule has 1 amide bonds. The molecule has 0 unspecified atom stereocenters. The third-order valence-electron chi connectivity index (χ3n) is 7.99. The van der Waals surface area contributed by atoms with Gasteiger partial charge in [-0.1, -0.05) is 57.0 Å². The standard InChI is InChI=1S/C33H37ClN2O5/c1-18-7-9-20(10-8-18)35-27(39)17-41-31-21(34)11-19(12-26(31)40-6)28-29-22(13-32(2,3)15-24(29)37)36-23-14-33(4,5)16-25(38)30(23)28/h7-12,28,36H,13-17H2,1-6H3,(H,35,39). The van der Waals surface area contributed by atoms with Gasteiger partial charge in [-0.2, -0.15) is 0 Å². The van der Waals surface area contributed by atoms with E-state index in [4.69, 9.17) is 21.1 Å². The summed E-state index contributed by atoms with van der Waals surface area (Å²) in [5.41, 5.74) is 5.07. The number of carbonyl (C=O) groups excluding carboxylic acids is 3. The van der Waals surface area contributed by atoms with Gasteiger partial charge >= 0.3 is 0 Å². The van der Waals surface area contributed by atoms with E-state index < -0.39 is 5.92 Å². The Morgan fingerprint density at radius 3 is 2.05 bits per heavy atom. The lowest BCUT2D eigenvalue weighted by atomic mass is 9.64. The first-order valence-electron chi connectivity index (χ1n) is 13.9. The van der Waals surface area contributed by atoms with Crippen LogP contribution in [0.25, 0.3) is 0 Å². The van der Waals surface area contributed by atoms with Gasteiger partial charge in [-0.25, -0.2) is 0 Å². The van der Waals surface area contributed by atoms with Gasteiger partial charge in [-0.05, 0) is 60.4 Å². The fraction of sp³-hybridized carbons (Fsp3) is 0.424. The molecule has 0 bridgehead atoms. The summed E-state index contributed by atoms with van der Waals surface area (Å²) in [5, 5.41) is 6.56. The van der Waals surface area contributed by atoms with Gasteiger partial charge in [-0.3, -0.25) is 14.4 Å². The van der Waals surface area contributed by atoms with Crippen LogP contribution in [0.2, 0.25) is 5.02 Å². The highest BCUT2D eigenvalue weighted by Gasteiger charge is 2.46. The summed E-state index contributed by atoms with van der Waals surface area (Å²) in [6.07, 6.45) is 2.21. The van der Waals surface area contributed by atoms with Crippen LogP contribution in [0.3, 0.4) is 0 Å². The second kappa shape index (κ2) is 10.7. The highest BCUT2D eigenvalue weighted by Crippen LogP contribution is 2.52. The highest BCUT2D eigenvalue weighted by atomic mass is 35.5. The molecule has 2 aromatic rings. The van der Waals surface area contributed by atoms with Gasteiger partial charge in [0.1, 0.15) is 0 Å². The van der Waals surface area contributed by atoms with Crippen molar-refractivity contribution in [3.05, 3.63) is 75.1 Å². The van der Waals surface area contributed by atoms with E-state index in [0.717, 1.165) is 17.0 Å². The van der Waals surface area contributed by atoms with Crippen molar-refractivity contribution in [1.82, 2.24) is 5.32 Å². The molecule has 8 heteroatoms. The number of rotatable bonds is 6. The molecular formula is C33H37ClN2O5. The molecule has 0 atom stereocenters. The minimum Gasteiger partial charge on any atom is -0.493 e. The Morgan fingerprint density at radius 1 is 0.951 bits per heavy atom. The molecule has 41 heavy (non-hydrogen) atoms. The average Bonchev–Trinajstić information content (AvgIpc) is 2.86. The maximum Gasteiger partial charge on any atom is 0.262 e. The summed E-state index contributed by atoms with van der Waals surface area (Å²) in [4.78, 5) is 39.8. The molecule has 0 aromatic heterocycles. The number of dihydropyridines is 1. The zero-order valence-electron chi connectivity index (χ0n) is 24.5. The van der Waals surface area contributed by atoms with E-state index in [1.165, 1.54) is 7.11 Å². The van der Waals surface area contributed by atoms with E-state index in [1.54, 1.807) is 12.1 Å². The summed E-state index contributed by atoms with van der Waals surface area (Å²) in [7, 11) is 1.50. The van der Waals surface area contributed by atoms with Crippen LogP contribution in [0.5, 0.6) is 11.5 Å². The molecule has 0 spiro atoms. The molecule has 7 nitrogen and oxygen atoms in total. The Hall–Kier alpha value is -3.58. The number of aryl methyl sites for hydroxylation is 1. The summed E-state index contributed by atoms with van der Waals surface area (Å²) < 4.78 is 11.5.